The van der Waals surface area contributed by atoms with Gasteiger partial charge >= 0.3 is 5.97 Å². The zero-order valence-electron chi connectivity index (χ0n) is 20.0. The van der Waals surface area contributed by atoms with E-state index in [0.717, 1.165) is 24.7 Å². The SMILES string of the molecule is CCCCCCCCC1CC=C(c2ccc(C(=O)O[C@H]3CC[C@H](CC)CC3)cc2)CC1. The average Bonchev–Trinajstić information content (AvgIpc) is 2.82. The van der Waals surface area contributed by atoms with Crippen molar-refractivity contribution in [1.29, 1.82) is 0 Å². The first-order chi connectivity index (χ1) is 15.2. The molecule has 0 radical (unpaired) electrons. The summed E-state index contributed by atoms with van der Waals surface area (Å²) in [4.78, 5) is 12.5. The molecule has 0 bridgehead atoms. The number of esters is 1. The van der Waals surface area contributed by atoms with E-state index in [-0.39, 0.29) is 12.1 Å². The summed E-state index contributed by atoms with van der Waals surface area (Å²) in [5.74, 6) is 1.54. The number of rotatable bonds is 11. The number of hydrogen-bond donors (Lipinski definition) is 0. The van der Waals surface area contributed by atoms with Crippen LogP contribution in [-0.4, -0.2) is 12.1 Å². The third-order valence-corrected chi connectivity index (χ3v) is 7.62. The quantitative estimate of drug-likeness (QED) is 0.262. The van der Waals surface area contributed by atoms with Crippen LogP contribution in [0.1, 0.15) is 126 Å². The van der Waals surface area contributed by atoms with Crippen molar-refractivity contribution in [1.82, 2.24) is 0 Å². The highest BCUT2D eigenvalue weighted by Gasteiger charge is 2.23. The van der Waals surface area contributed by atoms with Crippen LogP contribution in [0.4, 0.5) is 0 Å². The average molecular weight is 425 g/mol. The van der Waals surface area contributed by atoms with Gasteiger partial charge in [-0.25, -0.2) is 4.79 Å². The Kier molecular flexibility index (Phi) is 10.2. The topological polar surface area (TPSA) is 26.3 Å². The Morgan fingerprint density at radius 2 is 1.58 bits per heavy atom. The van der Waals surface area contributed by atoms with Gasteiger partial charge in [-0.3, -0.25) is 0 Å². The molecule has 0 amide bonds. The van der Waals surface area contributed by atoms with E-state index >= 15 is 0 Å². The molecule has 0 heterocycles. The lowest BCUT2D eigenvalue weighted by atomic mass is 9.83. The maximum absolute atomic E-state index is 12.5. The number of unbranched alkanes of at least 4 members (excludes halogenated alkanes) is 5. The van der Waals surface area contributed by atoms with E-state index in [1.54, 1.807) is 0 Å². The molecule has 1 saturated carbocycles. The number of allylic oxidation sites excluding steroid dienone is 2. The lowest BCUT2D eigenvalue weighted by molar-refractivity contribution is 0.0164. The second-order valence-corrected chi connectivity index (χ2v) is 9.96. The highest BCUT2D eigenvalue weighted by molar-refractivity contribution is 5.90. The molecule has 3 rings (SSSR count). The minimum absolute atomic E-state index is 0.111. The van der Waals surface area contributed by atoms with E-state index in [4.69, 9.17) is 4.74 Å². The molecule has 0 aromatic heterocycles. The van der Waals surface area contributed by atoms with Crippen molar-refractivity contribution < 1.29 is 9.53 Å². The van der Waals surface area contributed by atoms with Gasteiger partial charge in [0.05, 0.1) is 5.56 Å². The minimum Gasteiger partial charge on any atom is -0.459 e. The van der Waals surface area contributed by atoms with Crippen molar-refractivity contribution in [2.75, 3.05) is 0 Å². The van der Waals surface area contributed by atoms with Crippen LogP contribution < -0.4 is 0 Å². The fourth-order valence-electron chi connectivity index (χ4n) is 5.32. The molecule has 2 aliphatic carbocycles. The molecule has 1 aromatic rings. The molecular weight excluding hydrogens is 380 g/mol. The fraction of sp³-hybridized carbons (Fsp3) is 0.690. The van der Waals surface area contributed by atoms with Gasteiger partial charge in [-0.2, -0.15) is 0 Å². The zero-order valence-corrected chi connectivity index (χ0v) is 20.0. The standard InChI is InChI=1S/C29H44O2/c1-3-5-6-7-8-9-10-24-11-15-25(16-12-24)26-17-19-27(20-18-26)29(30)31-28-21-13-23(4-2)14-22-28/h15,17-20,23-24,28H,3-14,16,21-22H2,1-2H3/t23-,24?,28-. The summed E-state index contributed by atoms with van der Waals surface area (Å²) in [7, 11) is 0. The lowest BCUT2D eigenvalue weighted by Crippen LogP contribution is -2.24. The Labute approximate surface area is 190 Å². The van der Waals surface area contributed by atoms with Crippen LogP contribution >= 0.6 is 0 Å². The predicted octanol–water partition coefficient (Wildman–Crippen LogP) is 8.75. The second-order valence-electron chi connectivity index (χ2n) is 9.96. The fourth-order valence-corrected chi connectivity index (χ4v) is 5.32. The summed E-state index contributed by atoms with van der Waals surface area (Å²) >= 11 is 0. The Morgan fingerprint density at radius 1 is 0.871 bits per heavy atom. The molecule has 1 unspecified atom stereocenters. The molecule has 1 aromatic carbocycles. The first kappa shape index (κ1) is 24.1. The maximum atomic E-state index is 12.5. The van der Waals surface area contributed by atoms with Gasteiger partial charge in [-0.05, 0) is 80.1 Å². The number of hydrogen-bond acceptors (Lipinski definition) is 2. The first-order valence-electron chi connectivity index (χ1n) is 13.2. The van der Waals surface area contributed by atoms with Gasteiger partial charge in [0.2, 0.25) is 0 Å². The summed E-state index contributed by atoms with van der Waals surface area (Å²) < 4.78 is 5.78. The van der Waals surface area contributed by atoms with Crippen LogP contribution in [0.15, 0.2) is 30.3 Å². The van der Waals surface area contributed by atoms with Crippen LogP contribution in [-0.2, 0) is 4.74 Å². The van der Waals surface area contributed by atoms with E-state index in [1.165, 1.54) is 94.6 Å². The van der Waals surface area contributed by atoms with E-state index in [0.29, 0.717) is 5.56 Å². The number of carbonyl (C=O) groups excluding carboxylic acids is 1. The van der Waals surface area contributed by atoms with Gasteiger partial charge in [-0.15, -0.1) is 0 Å². The van der Waals surface area contributed by atoms with Crippen LogP contribution in [0.2, 0.25) is 0 Å². The van der Waals surface area contributed by atoms with E-state index < -0.39 is 0 Å². The number of ether oxygens (including phenoxy) is 1. The van der Waals surface area contributed by atoms with Crippen LogP contribution in [0.25, 0.3) is 5.57 Å². The number of benzene rings is 1. The first-order valence-corrected chi connectivity index (χ1v) is 13.2. The maximum Gasteiger partial charge on any atom is 0.338 e. The molecule has 2 heteroatoms. The number of carbonyl (C=O) groups is 1. The van der Waals surface area contributed by atoms with E-state index in [9.17, 15) is 4.79 Å². The van der Waals surface area contributed by atoms with Crippen molar-refractivity contribution in [2.45, 2.75) is 116 Å². The van der Waals surface area contributed by atoms with E-state index in [1.807, 2.05) is 12.1 Å². The lowest BCUT2D eigenvalue weighted by Gasteiger charge is -2.27. The van der Waals surface area contributed by atoms with Crippen molar-refractivity contribution >= 4 is 11.5 Å². The van der Waals surface area contributed by atoms with E-state index in [2.05, 4.69) is 32.1 Å². The molecule has 2 nitrogen and oxygen atoms in total. The van der Waals surface area contributed by atoms with Crippen LogP contribution in [0.5, 0.6) is 0 Å². The summed E-state index contributed by atoms with van der Waals surface area (Å²) in [6.45, 7) is 4.54. The van der Waals surface area contributed by atoms with Gasteiger partial charge in [0.1, 0.15) is 6.10 Å². The molecule has 0 saturated heterocycles. The van der Waals surface area contributed by atoms with Crippen molar-refractivity contribution in [3.63, 3.8) is 0 Å². The molecule has 0 aliphatic heterocycles. The largest absolute Gasteiger partial charge is 0.459 e. The van der Waals surface area contributed by atoms with Crippen molar-refractivity contribution in [3.8, 4) is 0 Å². The Hall–Kier alpha value is -1.57. The Bertz CT molecular complexity index is 679. The summed E-state index contributed by atoms with van der Waals surface area (Å²) in [5, 5.41) is 0. The Morgan fingerprint density at radius 3 is 2.23 bits per heavy atom. The molecular formula is C29H44O2. The smallest absolute Gasteiger partial charge is 0.338 e. The van der Waals surface area contributed by atoms with Gasteiger partial charge in [0, 0.05) is 0 Å². The van der Waals surface area contributed by atoms with Gasteiger partial charge in [0.15, 0.2) is 0 Å². The van der Waals surface area contributed by atoms with Gasteiger partial charge < -0.3 is 4.74 Å². The van der Waals surface area contributed by atoms with Crippen molar-refractivity contribution in [3.05, 3.63) is 41.5 Å². The summed E-state index contributed by atoms with van der Waals surface area (Å²) in [5.41, 5.74) is 3.42. The normalized spacial score (nSPS) is 23.9. The monoisotopic (exact) mass is 424 g/mol. The third-order valence-electron chi connectivity index (χ3n) is 7.62. The molecule has 172 valence electrons. The molecule has 2 aliphatic rings. The predicted molar refractivity (Wildman–Crippen MR) is 131 cm³/mol. The summed E-state index contributed by atoms with van der Waals surface area (Å²) in [6.07, 6.45) is 21.7. The highest BCUT2D eigenvalue weighted by atomic mass is 16.5. The molecule has 1 atom stereocenters. The third kappa shape index (κ3) is 7.81. The summed E-state index contributed by atoms with van der Waals surface area (Å²) in [6, 6.07) is 8.14. The minimum atomic E-state index is -0.150. The Balaban J connectivity index is 1.40. The molecule has 0 spiro atoms. The molecule has 31 heavy (non-hydrogen) atoms. The van der Waals surface area contributed by atoms with Gasteiger partial charge in [-0.1, -0.05) is 83.4 Å². The highest BCUT2D eigenvalue weighted by Crippen LogP contribution is 2.33. The van der Waals surface area contributed by atoms with Gasteiger partial charge in [0.25, 0.3) is 0 Å². The van der Waals surface area contributed by atoms with Crippen LogP contribution in [0, 0.1) is 11.8 Å². The molecule has 0 N–H and O–H groups in total. The van der Waals surface area contributed by atoms with Crippen molar-refractivity contribution in [2.24, 2.45) is 11.8 Å². The zero-order chi connectivity index (χ0) is 21.9. The second kappa shape index (κ2) is 13.1. The molecule has 1 fully saturated rings. The van der Waals surface area contributed by atoms with Crippen LogP contribution in [0.3, 0.4) is 0 Å².